The van der Waals surface area contributed by atoms with Gasteiger partial charge in [0.15, 0.2) is 0 Å². The SMILES string of the molecule is COc1ccc(NC(=O)CC(=O)NCc2ccccc2F)cc1Cl. The summed E-state index contributed by atoms with van der Waals surface area (Å²) < 4.78 is 18.5. The van der Waals surface area contributed by atoms with Gasteiger partial charge in [-0.3, -0.25) is 9.59 Å². The fraction of sp³-hybridized carbons (Fsp3) is 0.176. The molecule has 0 aromatic heterocycles. The van der Waals surface area contributed by atoms with E-state index in [2.05, 4.69) is 10.6 Å². The molecule has 5 nitrogen and oxygen atoms in total. The van der Waals surface area contributed by atoms with Crippen molar-refractivity contribution < 1.29 is 18.7 Å². The Balaban J connectivity index is 1.84. The van der Waals surface area contributed by atoms with E-state index in [0.717, 1.165) is 0 Å². The van der Waals surface area contributed by atoms with Crippen LogP contribution < -0.4 is 15.4 Å². The number of hydrogen-bond acceptors (Lipinski definition) is 3. The van der Waals surface area contributed by atoms with Crippen LogP contribution >= 0.6 is 11.6 Å². The third kappa shape index (κ3) is 4.96. The van der Waals surface area contributed by atoms with Crippen molar-refractivity contribution in [1.82, 2.24) is 5.32 Å². The first-order chi connectivity index (χ1) is 11.5. The molecule has 0 atom stereocenters. The quantitative estimate of drug-likeness (QED) is 0.786. The first kappa shape index (κ1) is 17.7. The monoisotopic (exact) mass is 350 g/mol. The molecule has 2 aromatic rings. The molecule has 0 heterocycles. The highest BCUT2D eigenvalue weighted by atomic mass is 35.5. The number of carbonyl (C=O) groups excluding carboxylic acids is 2. The van der Waals surface area contributed by atoms with E-state index >= 15 is 0 Å². The van der Waals surface area contributed by atoms with Gasteiger partial charge in [-0.15, -0.1) is 0 Å². The molecular weight excluding hydrogens is 335 g/mol. The van der Waals surface area contributed by atoms with Crippen LogP contribution in [0.4, 0.5) is 10.1 Å². The van der Waals surface area contributed by atoms with Gasteiger partial charge in [0.25, 0.3) is 0 Å². The maximum Gasteiger partial charge on any atom is 0.233 e. The highest BCUT2D eigenvalue weighted by Crippen LogP contribution is 2.27. The van der Waals surface area contributed by atoms with E-state index in [1.54, 1.807) is 30.3 Å². The molecule has 0 saturated carbocycles. The van der Waals surface area contributed by atoms with Gasteiger partial charge in [0.1, 0.15) is 18.0 Å². The standard InChI is InChI=1S/C17H16ClFN2O3/c1-24-15-7-6-12(8-13(15)18)21-17(23)9-16(22)20-10-11-4-2-3-5-14(11)19/h2-8H,9-10H2,1H3,(H,20,22)(H,21,23). The van der Waals surface area contributed by atoms with E-state index in [0.29, 0.717) is 22.0 Å². The zero-order valence-electron chi connectivity index (χ0n) is 12.9. The molecule has 0 saturated heterocycles. The Morgan fingerprint density at radius 3 is 2.58 bits per heavy atom. The molecule has 2 amide bonds. The summed E-state index contributed by atoms with van der Waals surface area (Å²) in [5, 5.41) is 5.41. The topological polar surface area (TPSA) is 67.4 Å². The lowest BCUT2D eigenvalue weighted by molar-refractivity contribution is -0.126. The van der Waals surface area contributed by atoms with Crippen molar-refractivity contribution in [1.29, 1.82) is 0 Å². The summed E-state index contributed by atoms with van der Waals surface area (Å²) in [6.07, 6.45) is -0.377. The van der Waals surface area contributed by atoms with Gasteiger partial charge in [-0.05, 0) is 24.3 Å². The number of rotatable bonds is 6. The van der Waals surface area contributed by atoms with Crippen LogP contribution in [0.5, 0.6) is 5.75 Å². The van der Waals surface area contributed by atoms with E-state index in [1.807, 2.05) is 0 Å². The number of nitrogens with one attached hydrogen (secondary N) is 2. The summed E-state index contributed by atoms with van der Waals surface area (Å²) >= 11 is 5.96. The third-order valence-corrected chi connectivity index (χ3v) is 3.49. The smallest absolute Gasteiger partial charge is 0.233 e. The first-order valence-corrected chi connectivity index (χ1v) is 7.51. The van der Waals surface area contributed by atoms with E-state index in [9.17, 15) is 14.0 Å². The lowest BCUT2D eigenvalue weighted by atomic mass is 10.2. The van der Waals surface area contributed by atoms with Gasteiger partial charge in [-0.25, -0.2) is 4.39 Å². The number of halogens is 2. The van der Waals surface area contributed by atoms with Crippen LogP contribution in [0.15, 0.2) is 42.5 Å². The van der Waals surface area contributed by atoms with Gasteiger partial charge >= 0.3 is 0 Å². The number of hydrogen-bond donors (Lipinski definition) is 2. The molecule has 2 N–H and O–H groups in total. The minimum absolute atomic E-state index is 0.0210. The maximum atomic E-state index is 13.4. The van der Waals surface area contributed by atoms with Crippen molar-refractivity contribution in [2.24, 2.45) is 0 Å². The number of carbonyl (C=O) groups is 2. The Hall–Kier alpha value is -2.60. The van der Waals surface area contributed by atoms with Gasteiger partial charge in [-0.2, -0.15) is 0 Å². The molecule has 0 unspecified atom stereocenters. The molecule has 0 aliphatic heterocycles. The van der Waals surface area contributed by atoms with Crippen molar-refractivity contribution in [3.8, 4) is 5.75 Å². The summed E-state index contributed by atoms with van der Waals surface area (Å²) in [5.41, 5.74) is 0.806. The van der Waals surface area contributed by atoms with Crippen molar-refractivity contribution >= 4 is 29.1 Å². The van der Waals surface area contributed by atoms with Crippen LogP contribution in [-0.2, 0) is 16.1 Å². The molecule has 126 valence electrons. The second-order valence-corrected chi connectivity index (χ2v) is 5.35. The molecular formula is C17H16ClFN2O3. The van der Waals surface area contributed by atoms with E-state index in [-0.39, 0.29) is 13.0 Å². The molecule has 2 aromatic carbocycles. The van der Waals surface area contributed by atoms with Crippen LogP contribution in [0, 0.1) is 5.82 Å². The Labute approximate surface area is 143 Å². The van der Waals surface area contributed by atoms with Crippen molar-refractivity contribution in [3.63, 3.8) is 0 Å². The molecule has 0 fully saturated rings. The van der Waals surface area contributed by atoms with E-state index < -0.39 is 17.6 Å². The Kier molecular flexibility index (Phi) is 6.14. The fourth-order valence-corrected chi connectivity index (χ4v) is 2.25. The van der Waals surface area contributed by atoms with Gasteiger partial charge in [0.2, 0.25) is 11.8 Å². The van der Waals surface area contributed by atoms with Gasteiger partial charge in [0.05, 0.1) is 12.1 Å². The van der Waals surface area contributed by atoms with Gasteiger partial charge in [0, 0.05) is 17.8 Å². The van der Waals surface area contributed by atoms with E-state index in [1.165, 1.54) is 19.2 Å². The zero-order valence-corrected chi connectivity index (χ0v) is 13.7. The molecule has 0 radical (unpaired) electrons. The minimum Gasteiger partial charge on any atom is -0.495 e. The normalized spacial score (nSPS) is 10.1. The lowest BCUT2D eigenvalue weighted by Gasteiger charge is -2.09. The Bertz CT molecular complexity index is 752. The average molecular weight is 351 g/mol. The second kappa shape index (κ2) is 8.31. The minimum atomic E-state index is -0.504. The van der Waals surface area contributed by atoms with Crippen LogP contribution in [0.3, 0.4) is 0 Å². The number of anilines is 1. The Morgan fingerprint density at radius 2 is 1.92 bits per heavy atom. The molecule has 0 bridgehead atoms. The summed E-state index contributed by atoms with van der Waals surface area (Å²) in [5.74, 6) is -0.926. The molecule has 0 aliphatic rings. The lowest BCUT2D eigenvalue weighted by Crippen LogP contribution is -2.28. The molecule has 24 heavy (non-hydrogen) atoms. The van der Waals surface area contributed by atoms with Crippen LogP contribution in [0.1, 0.15) is 12.0 Å². The van der Waals surface area contributed by atoms with E-state index in [4.69, 9.17) is 16.3 Å². The first-order valence-electron chi connectivity index (χ1n) is 7.13. The number of benzene rings is 2. The Morgan fingerprint density at radius 1 is 1.17 bits per heavy atom. The molecule has 0 spiro atoms. The predicted octanol–water partition coefficient (Wildman–Crippen LogP) is 3.13. The average Bonchev–Trinajstić information content (AvgIpc) is 2.54. The summed E-state index contributed by atoms with van der Waals surface area (Å²) in [6.45, 7) is 0.0210. The van der Waals surface area contributed by atoms with Crippen molar-refractivity contribution in [2.75, 3.05) is 12.4 Å². The summed E-state index contributed by atoms with van der Waals surface area (Å²) in [6, 6.07) is 10.8. The molecule has 7 heteroatoms. The predicted molar refractivity (Wildman–Crippen MR) is 89.5 cm³/mol. The summed E-state index contributed by atoms with van der Waals surface area (Å²) in [7, 11) is 1.49. The van der Waals surface area contributed by atoms with Gasteiger partial charge in [-0.1, -0.05) is 29.8 Å². The third-order valence-electron chi connectivity index (χ3n) is 3.19. The highest BCUT2D eigenvalue weighted by Gasteiger charge is 2.11. The van der Waals surface area contributed by atoms with Crippen LogP contribution in [0.25, 0.3) is 0 Å². The summed E-state index contributed by atoms with van der Waals surface area (Å²) in [4.78, 5) is 23.6. The fourth-order valence-electron chi connectivity index (χ4n) is 1.99. The van der Waals surface area contributed by atoms with Crippen molar-refractivity contribution in [3.05, 3.63) is 58.9 Å². The largest absolute Gasteiger partial charge is 0.495 e. The number of ether oxygens (including phenoxy) is 1. The number of amides is 2. The van der Waals surface area contributed by atoms with Gasteiger partial charge < -0.3 is 15.4 Å². The zero-order chi connectivity index (χ0) is 17.5. The van der Waals surface area contributed by atoms with Crippen molar-refractivity contribution in [2.45, 2.75) is 13.0 Å². The number of methoxy groups -OCH3 is 1. The maximum absolute atomic E-state index is 13.4. The molecule has 0 aliphatic carbocycles. The highest BCUT2D eigenvalue weighted by molar-refractivity contribution is 6.32. The molecule has 2 rings (SSSR count). The van der Waals surface area contributed by atoms with Crippen LogP contribution in [-0.4, -0.2) is 18.9 Å². The van der Waals surface area contributed by atoms with Crippen LogP contribution in [0.2, 0.25) is 5.02 Å². The second-order valence-electron chi connectivity index (χ2n) is 4.94.